The van der Waals surface area contributed by atoms with Crippen LogP contribution in [0.4, 0.5) is 11.4 Å². The first-order valence-electron chi connectivity index (χ1n) is 6.65. The minimum Gasteiger partial charge on any atom is -0.508 e. The molecule has 22 heavy (non-hydrogen) atoms. The van der Waals surface area contributed by atoms with Gasteiger partial charge in [0.2, 0.25) is 0 Å². The zero-order chi connectivity index (χ0) is 15.9. The summed E-state index contributed by atoms with van der Waals surface area (Å²) in [5.41, 5.74) is 0.588. The Kier molecular flexibility index (Phi) is 4.98. The van der Waals surface area contributed by atoms with E-state index >= 15 is 0 Å². The number of phenolic OH excluding ortho intramolecular Hbond substituents is 4. The van der Waals surface area contributed by atoms with Crippen LogP contribution in [0.25, 0.3) is 0 Å². The molecule has 2 rings (SSSR count). The van der Waals surface area contributed by atoms with Gasteiger partial charge in [0.1, 0.15) is 34.4 Å². The van der Waals surface area contributed by atoms with Gasteiger partial charge in [-0.3, -0.25) is 9.98 Å². The molecular weight excluding hydrogens is 284 g/mol. The number of benzene rings is 2. The maximum atomic E-state index is 9.54. The highest BCUT2D eigenvalue weighted by molar-refractivity contribution is 5.72. The first kappa shape index (κ1) is 15.4. The fraction of sp³-hybridized carbons (Fsp3) is 0.125. The van der Waals surface area contributed by atoms with Crippen LogP contribution in [-0.4, -0.2) is 32.9 Å². The van der Waals surface area contributed by atoms with Crippen molar-refractivity contribution < 1.29 is 20.4 Å². The molecule has 0 amide bonds. The van der Waals surface area contributed by atoms with Crippen LogP contribution in [0.3, 0.4) is 0 Å². The van der Waals surface area contributed by atoms with E-state index in [-0.39, 0.29) is 23.0 Å². The Morgan fingerprint density at radius 1 is 0.682 bits per heavy atom. The Bertz CT molecular complexity index is 650. The maximum Gasteiger partial charge on any atom is 0.141 e. The van der Waals surface area contributed by atoms with E-state index in [0.717, 1.165) is 0 Å². The Morgan fingerprint density at radius 3 is 1.50 bits per heavy atom. The van der Waals surface area contributed by atoms with Crippen LogP contribution in [0, 0.1) is 0 Å². The van der Waals surface area contributed by atoms with Crippen molar-refractivity contribution in [3.63, 3.8) is 0 Å². The summed E-state index contributed by atoms with van der Waals surface area (Å²) in [6.45, 7) is 0. The number of aliphatic imine (C=N–C) groups is 2. The number of rotatable bonds is 5. The molecule has 0 spiro atoms. The molecule has 0 aliphatic carbocycles. The summed E-state index contributed by atoms with van der Waals surface area (Å²) >= 11 is 0. The quantitative estimate of drug-likeness (QED) is 0.386. The largest absolute Gasteiger partial charge is 0.508 e. The van der Waals surface area contributed by atoms with Crippen LogP contribution < -0.4 is 0 Å². The molecular formula is C16H16N2O4. The van der Waals surface area contributed by atoms with Gasteiger partial charge in [0, 0.05) is 24.6 Å². The van der Waals surface area contributed by atoms with Gasteiger partial charge in [0.25, 0.3) is 0 Å². The molecule has 4 N–H and O–H groups in total. The number of aromatic hydroxyl groups is 4. The first-order chi connectivity index (χ1) is 10.6. The van der Waals surface area contributed by atoms with Crippen molar-refractivity contribution in [2.24, 2.45) is 9.98 Å². The molecule has 6 heteroatoms. The lowest BCUT2D eigenvalue weighted by Gasteiger charge is -1.99. The lowest BCUT2D eigenvalue weighted by Crippen LogP contribution is -1.79. The summed E-state index contributed by atoms with van der Waals surface area (Å²) in [5, 5.41) is 37.7. The average molecular weight is 300 g/mol. The second-order valence-electron chi connectivity index (χ2n) is 4.55. The minimum absolute atomic E-state index is 0.00704. The topological polar surface area (TPSA) is 106 Å². The van der Waals surface area contributed by atoms with Crippen LogP contribution in [0.5, 0.6) is 23.0 Å². The number of nitrogens with zero attached hydrogens (tertiary/aromatic N) is 2. The van der Waals surface area contributed by atoms with Crippen molar-refractivity contribution in [1.29, 1.82) is 0 Å². The van der Waals surface area contributed by atoms with Gasteiger partial charge in [0.05, 0.1) is 0 Å². The zero-order valence-corrected chi connectivity index (χ0v) is 11.7. The molecule has 0 bridgehead atoms. The van der Waals surface area contributed by atoms with Gasteiger partial charge < -0.3 is 20.4 Å². The lowest BCUT2D eigenvalue weighted by atomic mass is 10.2. The van der Waals surface area contributed by atoms with E-state index < -0.39 is 0 Å². The molecule has 0 atom stereocenters. The van der Waals surface area contributed by atoms with E-state index in [4.69, 9.17) is 0 Å². The highest BCUT2D eigenvalue weighted by Gasteiger charge is 2.00. The second-order valence-corrected chi connectivity index (χ2v) is 4.55. The molecule has 0 radical (unpaired) electrons. The van der Waals surface area contributed by atoms with Gasteiger partial charge in [-0.1, -0.05) is 0 Å². The van der Waals surface area contributed by atoms with Crippen molar-refractivity contribution in [2.75, 3.05) is 0 Å². The molecule has 0 heterocycles. The Morgan fingerprint density at radius 2 is 1.09 bits per heavy atom. The average Bonchev–Trinajstić information content (AvgIpc) is 2.49. The van der Waals surface area contributed by atoms with Crippen molar-refractivity contribution in [2.45, 2.75) is 12.8 Å². The smallest absolute Gasteiger partial charge is 0.141 e. The van der Waals surface area contributed by atoms with E-state index in [9.17, 15) is 20.4 Å². The summed E-state index contributed by atoms with van der Waals surface area (Å²) in [7, 11) is 0. The standard InChI is InChI=1S/C16H16N2O4/c19-11-3-5-15(21)13(9-11)17-7-1-2-8-18-14-10-12(20)4-6-16(14)22/h3-10,19-22H,1-2H2. The van der Waals surface area contributed by atoms with Gasteiger partial charge in [-0.2, -0.15) is 0 Å². The fourth-order valence-electron chi connectivity index (χ4n) is 1.71. The van der Waals surface area contributed by atoms with Crippen LogP contribution in [0.15, 0.2) is 46.4 Å². The monoisotopic (exact) mass is 300 g/mol. The highest BCUT2D eigenvalue weighted by atomic mass is 16.3. The third-order valence-corrected chi connectivity index (χ3v) is 2.80. The molecule has 2 aromatic rings. The van der Waals surface area contributed by atoms with Crippen molar-refractivity contribution >= 4 is 23.8 Å². The van der Waals surface area contributed by atoms with Gasteiger partial charge in [-0.25, -0.2) is 0 Å². The third kappa shape index (κ3) is 4.24. The highest BCUT2D eigenvalue weighted by Crippen LogP contribution is 2.30. The van der Waals surface area contributed by atoms with Crippen LogP contribution >= 0.6 is 0 Å². The number of hydrogen-bond donors (Lipinski definition) is 4. The van der Waals surface area contributed by atoms with Crippen LogP contribution in [-0.2, 0) is 0 Å². The molecule has 114 valence electrons. The van der Waals surface area contributed by atoms with E-state index in [1.165, 1.54) is 36.4 Å². The summed E-state index contributed by atoms with van der Waals surface area (Å²) in [6, 6.07) is 8.23. The molecule has 0 fully saturated rings. The van der Waals surface area contributed by atoms with Gasteiger partial charge >= 0.3 is 0 Å². The fourth-order valence-corrected chi connectivity index (χ4v) is 1.71. The first-order valence-corrected chi connectivity index (χ1v) is 6.65. The predicted octanol–water partition coefficient (Wildman–Crippen LogP) is 3.39. The van der Waals surface area contributed by atoms with Crippen molar-refractivity contribution in [1.82, 2.24) is 0 Å². The number of unbranched alkanes of at least 4 members (excludes halogenated alkanes) is 1. The summed E-state index contributed by atoms with van der Waals surface area (Å²) in [6.07, 6.45) is 4.34. The van der Waals surface area contributed by atoms with Crippen LogP contribution in [0.2, 0.25) is 0 Å². The molecule has 0 saturated heterocycles. The Balaban J connectivity index is 1.89. The lowest BCUT2D eigenvalue weighted by molar-refractivity contribution is 0.461. The zero-order valence-electron chi connectivity index (χ0n) is 11.7. The summed E-state index contributed by atoms with van der Waals surface area (Å²) < 4.78 is 0. The molecule has 0 aliphatic rings. The second kappa shape index (κ2) is 7.12. The molecule has 0 unspecified atom stereocenters. The molecule has 0 saturated carbocycles. The maximum absolute atomic E-state index is 9.54. The molecule has 0 aromatic heterocycles. The molecule has 6 nitrogen and oxygen atoms in total. The van der Waals surface area contributed by atoms with E-state index in [0.29, 0.717) is 24.2 Å². The van der Waals surface area contributed by atoms with Gasteiger partial charge in [-0.15, -0.1) is 0 Å². The minimum atomic E-state index is -0.00704. The third-order valence-electron chi connectivity index (χ3n) is 2.80. The summed E-state index contributed by atoms with van der Waals surface area (Å²) in [5.74, 6) is 0.0524. The summed E-state index contributed by atoms with van der Waals surface area (Å²) in [4.78, 5) is 8.11. The normalized spacial score (nSPS) is 11.5. The SMILES string of the molecule is Oc1ccc(O)c(N=CCCC=Nc2cc(O)ccc2O)c1. The van der Waals surface area contributed by atoms with Crippen LogP contribution in [0.1, 0.15) is 12.8 Å². The number of phenols is 4. The van der Waals surface area contributed by atoms with Gasteiger partial charge in [-0.05, 0) is 37.1 Å². The van der Waals surface area contributed by atoms with Gasteiger partial charge in [0.15, 0.2) is 0 Å². The number of hydrogen-bond acceptors (Lipinski definition) is 6. The van der Waals surface area contributed by atoms with E-state index in [2.05, 4.69) is 9.98 Å². The Labute approximate surface area is 127 Å². The Hall–Kier alpha value is -3.02. The van der Waals surface area contributed by atoms with Crippen molar-refractivity contribution in [3.05, 3.63) is 36.4 Å². The predicted molar refractivity (Wildman–Crippen MR) is 85.1 cm³/mol. The molecule has 0 aliphatic heterocycles. The molecule has 2 aromatic carbocycles. The van der Waals surface area contributed by atoms with Crippen molar-refractivity contribution in [3.8, 4) is 23.0 Å². The van der Waals surface area contributed by atoms with E-state index in [1.54, 1.807) is 12.4 Å². The van der Waals surface area contributed by atoms with E-state index in [1.807, 2.05) is 0 Å².